The van der Waals surface area contributed by atoms with E-state index in [9.17, 15) is 24.0 Å². The van der Waals surface area contributed by atoms with Gasteiger partial charge < -0.3 is 24.9 Å². The van der Waals surface area contributed by atoms with E-state index in [0.717, 1.165) is 0 Å². The molecule has 0 aromatic heterocycles. The fourth-order valence-corrected chi connectivity index (χ4v) is 2.89. The first-order valence-electron chi connectivity index (χ1n) is 11.7. The standard InChI is InChI=1S/C24H42N2O7/c1-18(27)9-10-21(29)20(16-22(30)24(3,4)5)8-6-7-11-26-23(31)17-33-15-14-32-13-12-25-19(2)28/h20H,6-17H2,1-5H3,(H,25,28)(H,26,31)/t20-/m1/s1. The van der Waals surface area contributed by atoms with E-state index in [0.29, 0.717) is 45.6 Å². The van der Waals surface area contributed by atoms with Gasteiger partial charge in [-0.2, -0.15) is 0 Å². The van der Waals surface area contributed by atoms with Gasteiger partial charge in [-0.3, -0.25) is 19.2 Å². The molecule has 0 aromatic rings. The Balaban J connectivity index is 4.09. The van der Waals surface area contributed by atoms with Crippen molar-refractivity contribution >= 4 is 29.2 Å². The van der Waals surface area contributed by atoms with Crippen LogP contribution in [0.25, 0.3) is 0 Å². The number of rotatable bonds is 19. The summed E-state index contributed by atoms with van der Waals surface area (Å²) in [6.45, 7) is 10.2. The van der Waals surface area contributed by atoms with E-state index in [-0.39, 0.29) is 67.6 Å². The van der Waals surface area contributed by atoms with Crippen LogP contribution in [0, 0.1) is 11.3 Å². The molecule has 0 rings (SSSR count). The van der Waals surface area contributed by atoms with Crippen molar-refractivity contribution in [3.63, 3.8) is 0 Å². The van der Waals surface area contributed by atoms with Crippen LogP contribution in [0.4, 0.5) is 0 Å². The first kappa shape index (κ1) is 30.9. The van der Waals surface area contributed by atoms with E-state index < -0.39 is 5.41 Å². The number of amides is 2. The van der Waals surface area contributed by atoms with Gasteiger partial charge in [0.2, 0.25) is 11.8 Å². The van der Waals surface area contributed by atoms with Gasteiger partial charge in [-0.1, -0.05) is 27.2 Å². The summed E-state index contributed by atoms with van der Waals surface area (Å²) < 4.78 is 10.5. The van der Waals surface area contributed by atoms with Gasteiger partial charge in [-0.25, -0.2) is 0 Å². The number of carbonyl (C=O) groups excluding carboxylic acids is 5. The number of ketones is 3. The lowest BCUT2D eigenvalue weighted by atomic mass is 9.81. The molecule has 0 saturated heterocycles. The zero-order valence-corrected chi connectivity index (χ0v) is 20.9. The van der Waals surface area contributed by atoms with Gasteiger partial charge in [-0.05, 0) is 19.8 Å². The van der Waals surface area contributed by atoms with Crippen LogP contribution in [0.2, 0.25) is 0 Å². The summed E-state index contributed by atoms with van der Waals surface area (Å²) >= 11 is 0. The van der Waals surface area contributed by atoms with Crippen molar-refractivity contribution in [1.29, 1.82) is 0 Å². The zero-order valence-electron chi connectivity index (χ0n) is 20.9. The molecule has 0 aliphatic heterocycles. The van der Waals surface area contributed by atoms with E-state index in [2.05, 4.69) is 10.6 Å². The van der Waals surface area contributed by atoms with Gasteiger partial charge in [0.15, 0.2) is 0 Å². The molecule has 9 heteroatoms. The molecule has 190 valence electrons. The molecule has 0 unspecified atom stereocenters. The number of hydrogen-bond donors (Lipinski definition) is 2. The van der Waals surface area contributed by atoms with E-state index in [4.69, 9.17) is 9.47 Å². The lowest BCUT2D eigenvalue weighted by Gasteiger charge is -2.21. The molecule has 0 bridgehead atoms. The lowest BCUT2D eigenvalue weighted by Crippen LogP contribution is -2.30. The Morgan fingerprint density at radius 1 is 0.818 bits per heavy atom. The number of hydrogen-bond acceptors (Lipinski definition) is 7. The molecule has 0 spiro atoms. The van der Waals surface area contributed by atoms with Crippen molar-refractivity contribution < 1.29 is 33.4 Å². The van der Waals surface area contributed by atoms with Crippen LogP contribution in [0.1, 0.15) is 73.1 Å². The second-order valence-corrected chi connectivity index (χ2v) is 9.24. The number of carbonyl (C=O) groups is 5. The van der Waals surface area contributed by atoms with Gasteiger partial charge in [-0.15, -0.1) is 0 Å². The Morgan fingerprint density at radius 3 is 2.09 bits per heavy atom. The van der Waals surface area contributed by atoms with Crippen molar-refractivity contribution in [1.82, 2.24) is 10.6 Å². The molecule has 1 atom stereocenters. The molecule has 0 fully saturated rings. The first-order chi connectivity index (χ1) is 15.4. The Kier molecular flexibility index (Phi) is 16.2. The summed E-state index contributed by atoms with van der Waals surface area (Å²) in [5.74, 6) is -0.774. The summed E-state index contributed by atoms with van der Waals surface area (Å²) in [5.41, 5.74) is -0.510. The van der Waals surface area contributed by atoms with Crippen LogP contribution in [0.5, 0.6) is 0 Å². The van der Waals surface area contributed by atoms with Gasteiger partial charge in [0, 0.05) is 50.6 Å². The van der Waals surface area contributed by atoms with Gasteiger partial charge >= 0.3 is 0 Å². The van der Waals surface area contributed by atoms with E-state index in [1.54, 1.807) is 0 Å². The summed E-state index contributed by atoms with van der Waals surface area (Å²) in [6.07, 6.45) is 2.49. The molecular formula is C24H42N2O7. The molecule has 9 nitrogen and oxygen atoms in total. The third-order valence-corrected chi connectivity index (χ3v) is 4.97. The van der Waals surface area contributed by atoms with Crippen LogP contribution in [0.3, 0.4) is 0 Å². The second kappa shape index (κ2) is 17.4. The van der Waals surface area contributed by atoms with Crippen LogP contribution >= 0.6 is 0 Å². The Hall–Kier alpha value is -2.13. The smallest absolute Gasteiger partial charge is 0.245 e. The number of nitrogens with one attached hydrogen (secondary N) is 2. The normalized spacial score (nSPS) is 12.2. The minimum Gasteiger partial charge on any atom is -0.377 e. The van der Waals surface area contributed by atoms with Crippen LogP contribution in [-0.4, -0.2) is 68.7 Å². The minimum absolute atomic E-state index is 0.0354. The summed E-state index contributed by atoms with van der Waals surface area (Å²) in [6, 6.07) is 0. The minimum atomic E-state index is -0.510. The van der Waals surface area contributed by atoms with Crippen molar-refractivity contribution in [2.24, 2.45) is 11.3 Å². The zero-order chi connectivity index (χ0) is 25.3. The second-order valence-electron chi connectivity index (χ2n) is 9.24. The van der Waals surface area contributed by atoms with Crippen molar-refractivity contribution in [2.45, 2.75) is 73.1 Å². The summed E-state index contributed by atoms with van der Waals surface area (Å²) in [5, 5.41) is 5.38. The van der Waals surface area contributed by atoms with Crippen LogP contribution in [0.15, 0.2) is 0 Å². The molecule has 33 heavy (non-hydrogen) atoms. The molecule has 0 radical (unpaired) electrons. The highest BCUT2D eigenvalue weighted by molar-refractivity contribution is 5.91. The Morgan fingerprint density at radius 2 is 1.48 bits per heavy atom. The molecule has 2 N–H and O–H groups in total. The molecule has 0 heterocycles. The van der Waals surface area contributed by atoms with E-state index in [1.807, 2.05) is 20.8 Å². The van der Waals surface area contributed by atoms with E-state index in [1.165, 1.54) is 13.8 Å². The average Bonchev–Trinajstić information content (AvgIpc) is 2.71. The number of Topliss-reactive ketones (excluding diaryl/α,β-unsaturated/α-hetero) is 3. The molecule has 2 amide bonds. The van der Waals surface area contributed by atoms with Gasteiger partial charge in [0.05, 0.1) is 19.8 Å². The topological polar surface area (TPSA) is 128 Å². The maximum atomic E-state index is 12.5. The highest BCUT2D eigenvalue weighted by Crippen LogP contribution is 2.24. The molecule has 0 aromatic carbocycles. The predicted octanol–water partition coefficient (Wildman–Crippen LogP) is 2.00. The third-order valence-electron chi connectivity index (χ3n) is 4.97. The van der Waals surface area contributed by atoms with Crippen LogP contribution in [-0.2, 0) is 33.4 Å². The molecule has 0 saturated carbocycles. The highest BCUT2D eigenvalue weighted by Gasteiger charge is 2.28. The SMILES string of the molecule is CC(=O)CCC(=O)[C@H](CCCCNC(=O)COCCOCCNC(C)=O)CC(=O)C(C)(C)C. The average molecular weight is 471 g/mol. The van der Waals surface area contributed by atoms with Gasteiger partial charge in [0.25, 0.3) is 0 Å². The van der Waals surface area contributed by atoms with E-state index >= 15 is 0 Å². The fraction of sp³-hybridized carbons (Fsp3) is 0.792. The third kappa shape index (κ3) is 18.0. The fourth-order valence-electron chi connectivity index (χ4n) is 2.89. The number of unbranched alkanes of at least 4 members (excludes halogenated alkanes) is 1. The largest absolute Gasteiger partial charge is 0.377 e. The van der Waals surface area contributed by atoms with Crippen molar-refractivity contribution in [3.8, 4) is 0 Å². The maximum Gasteiger partial charge on any atom is 0.245 e. The van der Waals surface area contributed by atoms with Crippen molar-refractivity contribution in [3.05, 3.63) is 0 Å². The van der Waals surface area contributed by atoms with Crippen molar-refractivity contribution in [2.75, 3.05) is 39.5 Å². The number of ether oxygens (including phenoxy) is 2. The summed E-state index contributed by atoms with van der Waals surface area (Å²) in [4.78, 5) is 58.6. The first-order valence-corrected chi connectivity index (χ1v) is 11.7. The predicted molar refractivity (Wildman–Crippen MR) is 125 cm³/mol. The molecular weight excluding hydrogens is 428 g/mol. The maximum absolute atomic E-state index is 12.5. The van der Waals surface area contributed by atoms with Gasteiger partial charge in [0.1, 0.15) is 24.0 Å². The highest BCUT2D eigenvalue weighted by atomic mass is 16.5. The lowest BCUT2D eigenvalue weighted by molar-refractivity contribution is -0.132. The quantitative estimate of drug-likeness (QED) is 0.276. The Bertz CT molecular complexity index is 641. The molecule has 0 aliphatic carbocycles. The molecule has 0 aliphatic rings. The monoisotopic (exact) mass is 470 g/mol. The van der Waals surface area contributed by atoms with Crippen LogP contribution < -0.4 is 10.6 Å². The summed E-state index contributed by atoms with van der Waals surface area (Å²) in [7, 11) is 0. The Labute approximate surface area is 197 Å².